The van der Waals surface area contributed by atoms with Crippen LogP contribution in [0.2, 0.25) is 0 Å². The predicted octanol–water partition coefficient (Wildman–Crippen LogP) is 3.79. The highest BCUT2D eigenvalue weighted by Gasteiger charge is 2.12. The monoisotopic (exact) mass is 400 g/mol. The first-order valence-electron chi connectivity index (χ1n) is 10.0. The van der Waals surface area contributed by atoms with Crippen LogP contribution in [0.4, 0.5) is 0 Å². The molecule has 2 heterocycles. The number of carbonyl (C=O) groups excluding carboxylic acids is 1. The number of carbonyl (C=O) groups is 1. The van der Waals surface area contributed by atoms with E-state index in [0.717, 1.165) is 22.6 Å². The number of aryl methyl sites for hydroxylation is 1. The van der Waals surface area contributed by atoms with Crippen molar-refractivity contribution < 1.29 is 9.53 Å². The van der Waals surface area contributed by atoms with Crippen LogP contribution >= 0.6 is 0 Å². The molecule has 0 saturated carbocycles. The van der Waals surface area contributed by atoms with E-state index in [1.807, 2.05) is 42.5 Å². The number of amides is 1. The van der Waals surface area contributed by atoms with Crippen molar-refractivity contribution in [2.75, 3.05) is 13.2 Å². The Balaban J connectivity index is 1.42. The molecule has 0 fully saturated rings. The van der Waals surface area contributed by atoms with Crippen LogP contribution in [0, 0.1) is 6.92 Å². The van der Waals surface area contributed by atoms with E-state index >= 15 is 0 Å². The zero-order valence-electron chi connectivity index (χ0n) is 16.9. The first kappa shape index (κ1) is 19.6. The molecular weight excluding hydrogens is 376 g/mol. The molecule has 2 aromatic heterocycles. The average molecular weight is 400 g/mol. The first-order chi connectivity index (χ1) is 14.7. The van der Waals surface area contributed by atoms with Crippen LogP contribution in [0.3, 0.4) is 0 Å². The van der Waals surface area contributed by atoms with E-state index in [4.69, 9.17) is 9.72 Å². The molecule has 0 radical (unpaired) electrons. The molecule has 6 heteroatoms. The van der Waals surface area contributed by atoms with Crippen molar-refractivity contribution in [2.24, 2.45) is 0 Å². The maximum absolute atomic E-state index is 12.2. The fourth-order valence-electron chi connectivity index (χ4n) is 3.33. The highest BCUT2D eigenvalue weighted by atomic mass is 16.5. The van der Waals surface area contributed by atoms with E-state index in [9.17, 15) is 4.79 Å². The van der Waals surface area contributed by atoms with E-state index < -0.39 is 0 Å². The predicted molar refractivity (Wildman–Crippen MR) is 117 cm³/mol. The average Bonchev–Trinajstić information content (AvgIpc) is 3.13. The molecule has 0 atom stereocenters. The van der Waals surface area contributed by atoms with Crippen molar-refractivity contribution in [3.05, 3.63) is 90.0 Å². The maximum atomic E-state index is 12.2. The molecule has 6 nitrogen and oxygen atoms in total. The number of para-hydroxylation sites is 2. The summed E-state index contributed by atoms with van der Waals surface area (Å²) in [5.41, 5.74) is 3.63. The van der Waals surface area contributed by atoms with E-state index in [-0.39, 0.29) is 5.91 Å². The lowest BCUT2D eigenvalue weighted by Gasteiger charge is -2.11. The Morgan fingerprint density at radius 2 is 1.83 bits per heavy atom. The molecule has 0 spiro atoms. The van der Waals surface area contributed by atoms with Crippen molar-refractivity contribution >= 4 is 16.9 Å². The number of nitrogens with one attached hydrogen (secondary N) is 1. The molecule has 0 aliphatic carbocycles. The topological polar surface area (TPSA) is 69.0 Å². The molecule has 0 aliphatic rings. The zero-order chi connectivity index (χ0) is 20.8. The zero-order valence-corrected chi connectivity index (χ0v) is 16.9. The van der Waals surface area contributed by atoms with Crippen LogP contribution in [0.5, 0.6) is 5.75 Å². The van der Waals surface area contributed by atoms with Gasteiger partial charge in [0.15, 0.2) is 0 Å². The van der Waals surface area contributed by atoms with Gasteiger partial charge in [0.05, 0.1) is 17.6 Å². The second-order valence-corrected chi connectivity index (χ2v) is 7.05. The molecule has 2 aromatic carbocycles. The van der Waals surface area contributed by atoms with Gasteiger partial charge in [-0.3, -0.25) is 9.78 Å². The van der Waals surface area contributed by atoms with Gasteiger partial charge in [-0.1, -0.05) is 35.9 Å². The van der Waals surface area contributed by atoms with Crippen LogP contribution in [-0.4, -0.2) is 33.6 Å². The molecule has 152 valence electrons. The molecule has 0 aliphatic heterocycles. The third kappa shape index (κ3) is 4.66. The molecule has 4 rings (SSSR count). The van der Waals surface area contributed by atoms with E-state index in [1.165, 1.54) is 5.56 Å². The number of fused-ring (bicyclic) bond motifs is 1. The summed E-state index contributed by atoms with van der Waals surface area (Å²) in [7, 11) is 0. The summed E-state index contributed by atoms with van der Waals surface area (Å²) in [5, 5.41) is 2.92. The molecule has 1 amide bonds. The lowest BCUT2D eigenvalue weighted by molar-refractivity contribution is 0.0949. The van der Waals surface area contributed by atoms with Crippen molar-refractivity contribution in [1.82, 2.24) is 19.9 Å². The summed E-state index contributed by atoms with van der Waals surface area (Å²) in [4.78, 5) is 21.1. The van der Waals surface area contributed by atoms with Crippen molar-refractivity contribution in [3.8, 4) is 5.75 Å². The minimum absolute atomic E-state index is 0.180. The van der Waals surface area contributed by atoms with Gasteiger partial charge < -0.3 is 14.6 Å². The molecule has 30 heavy (non-hydrogen) atoms. The van der Waals surface area contributed by atoms with Crippen molar-refractivity contribution in [3.63, 3.8) is 0 Å². The molecule has 0 bridgehead atoms. The largest absolute Gasteiger partial charge is 0.492 e. The Labute approximate surface area is 175 Å². The van der Waals surface area contributed by atoms with Crippen molar-refractivity contribution in [1.29, 1.82) is 0 Å². The second-order valence-electron chi connectivity index (χ2n) is 7.05. The first-order valence-corrected chi connectivity index (χ1v) is 10.0. The Bertz CT molecular complexity index is 1120. The van der Waals surface area contributed by atoms with E-state index in [1.54, 1.807) is 24.4 Å². The summed E-state index contributed by atoms with van der Waals surface area (Å²) in [5.74, 6) is 1.60. The second kappa shape index (κ2) is 9.22. The number of hydrogen-bond donors (Lipinski definition) is 1. The van der Waals surface area contributed by atoms with E-state index in [2.05, 4.69) is 27.9 Å². The van der Waals surface area contributed by atoms with Crippen LogP contribution in [0.25, 0.3) is 11.0 Å². The Kier molecular flexibility index (Phi) is 6.03. The summed E-state index contributed by atoms with van der Waals surface area (Å²) >= 11 is 0. The van der Waals surface area contributed by atoms with E-state index in [0.29, 0.717) is 31.8 Å². The number of pyridine rings is 1. The van der Waals surface area contributed by atoms with Crippen LogP contribution in [-0.2, 0) is 13.0 Å². The minimum Gasteiger partial charge on any atom is -0.492 e. The summed E-state index contributed by atoms with van der Waals surface area (Å²) < 4.78 is 8.08. The SMILES string of the molecule is Cc1ccc(OCCn2c(CCNC(=O)c3ccccn3)nc3ccccc32)cc1. The lowest BCUT2D eigenvalue weighted by atomic mass is 10.2. The standard InChI is InChI=1S/C24H24N4O2/c1-18-9-11-19(12-10-18)30-17-16-28-22-8-3-2-6-20(22)27-23(28)13-15-26-24(29)21-7-4-5-14-25-21/h2-12,14H,13,15-17H2,1H3,(H,26,29). The third-order valence-corrected chi connectivity index (χ3v) is 4.87. The van der Waals surface area contributed by atoms with Gasteiger partial charge in [-0.2, -0.15) is 0 Å². The molecule has 0 unspecified atom stereocenters. The van der Waals surface area contributed by atoms with Crippen molar-refractivity contribution in [2.45, 2.75) is 19.9 Å². The molecule has 1 N–H and O–H groups in total. The Morgan fingerprint density at radius 3 is 2.63 bits per heavy atom. The van der Waals surface area contributed by atoms with Gasteiger partial charge in [-0.05, 0) is 43.3 Å². The van der Waals surface area contributed by atoms with Gasteiger partial charge >= 0.3 is 0 Å². The van der Waals surface area contributed by atoms with Gasteiger partial charge in [0, 0.05) is 19.2 Å². The Morgan fingerprint density at radius 1 is 1.03 bits per heavy atom. The summed E-state index contributed by atoms with van der Waals surface area (Å²) in [6.45, 7) is 3.76. The number of imidazole rings is 1. The fraction of sp³-hybridized carbons (Fsp3) is 0.208. The molecule has 0 saturated heterocycles. The number of aromatic nitrogens is 3. The minimum atomic E-state index is -0.180. The normalized spacial score (nSPS) is 10.8. The highest BCUT2D eigenvalue weighted by molar-refractivity contribution is 5.92. The van der Waals surface area contributed by atoms with Crippen LogP contribution in [0.1, 0.15) is 21.9 Å². The highest BCUT2D eigenvalue weighted by Crippen LogP contribution is 2.17. The van der Waals surface area contributed by atoms with Gasteiger partial charge in [0.1, 0.15) is 23.9 Å². The summed E-state index contributed by atoms with van der Waals surface area (Å²) in [6.07, 6.45) is 2.24. The fourth-order valence-corrected chi connectivity index (χ4v) is 3.33. The number of hydrogen-bond acceptors (Lipinski definition) is 4. The van der Waals surface area contributed by atoms with Crippen LogP contribution < -0.4 is 10.1 Å². The number of ether oxygens (including phenoxy) is 1. The van der Waals surface area contributed by atoms with Gasteiger partial charge in [-0.15, -0.1) is 0 Å². The quantitative estimate of drug-likeness (QED) is 0.489. The maximum Gasteiger partial charge on any atom is 0.269 e. The van der Waals surface area contributed by atoms with Crippen LogP contribution in [0.15, 0.2) is 72.9 Å². The van der Waals surface area contributed by atoms with Gasteiger partial charge in [-0.25, -0.2) is 4.98 Å². The smallest absolute Gasteiger partial charge is 0.269 e. The van der Waals surface area contributed by atoms with Gasteiger partial charge in [0.2, 0.25) is 0 Å². The molecular formula is C24H24N4O2. The lowest BCUT2D eigenvalue weighted by Crippen LogP contribution is -2.27. The number of nitrogens with zero attached hydrogens (tertiary/aromatic N) is 3. The third-order valence-electron chi connectivity index (χ3n) is 4.87. The molecule has 4 aromatic rings. The van der Waals surface area contributed by atoms with Gasteiger partial charge in [0.25, 0.3) is 5.91 Å². The Hall–Kier alpha value is -3.67. The number of benzene rings is 2. The number of rotatable bonds is 8. The summed E-state index contributed by atoms with van der Waals surface area (Å²) in [6, 6.07) is 21.4.